The number of nitrogens with zero attached hydrogens (tertiary/aromatic N) is 1. The van der Waals surface area contributed by atoms with Crippen molar-refractivity contribution < 1.29 is 9.21 Å². The van der Waals surface area contributed by atoms with Crippen molar-refractivity contribution >= 4 is 67.2 Å². The maximum Gasteiger partial charge on any atom is 0.256 e. The Labute approximate surface area is 165 Å². The van der Waals surface area contributed by atoms with E-state index < -0.39 is 0 Å². The Morgan fingerprint density at radius 2 is 1.88 bits per heavy atom. The van der Waals surface area contributed by atoms with Gasteiger partial charge in [0.1, 0.15) is 0 Å². The number of benzene rings is 2. The molecule has 0 aliphatic carbocycles. The molecule has 0 N–H and O–H groups in total. The molecule has 0 fully saturated rings. The molecule has 25 heavy (non-hydrogen) atoms. The van der Waals surface area contributed by atoms with Gasteiger partial charge in [0.25, 0.3) is 5.78 Å². The van der Waals surface area contributed by atoms with Crippen molar-refractivity contribution in [3.8, 4) is 11.3 Å². The number of carbonyl (C=O) groups is 1. The lowest BCUT2D eigenvalue weighted by Crippen LogP contribution is -1.98. The van der Waals surface area contributed by atoms with E-state index in [1.807, 2.05) is 29.6 Å². The van der Waals surface area contributed by atoms with Crippen LogP contribution in [0.25, 0.3) is 22.2 Å². The third-order valence-corrected chi connectivity index (χ3v) is 5.47. The molecule has 0 radical (unpaired) electrons. The molecule has 0 saturated heterocycles. The van der Waals surface area contributed by atoms with E-state index >= 15 is 0 Å². The van der Waals surface area contributed by atoms with Crippen LogP contribution in [0.1, 0.15) is 15.6 Å². The van der Waals surface area contributed by atoms with E-state index in [9.17, 15) is 4.79 Å². The zero-order valence-electron chi connectivity index (χ0n) is 12.4. The monoisotopic (exact) mass is 451 g/mol. The quantitative estimate of drug-likeness (QED) is 0.319. The highest BCUT2D eigenvalue weighted by molar-refractivity contribution is 9.10. The predicted octanol–water partition coefficient (Wildman–Crippen LogP) is 6.86. The lowest BCUT2D eigenvalue weighted by molar-refractivity contribution is 0.101. The third kappa shape index (κ3) is 3.25. The van der Waals surface area contributed by atoms with E-state index in [0.29, 0.717) is 26.0 Å². The van der Waals surface area contributed by atoms with Gasteiger partial charge in [-0.2, -0.15) is 0 Å². The van der Waals surface area contributed by atoms with Gasteiger partial charge in [-0.1, -0.05) is 51.3 Å². The van der Waals surface area contributed by atoms with Crippen LogP contribution in [0.5, 0.6) is 0 Å². The van der Waals surface area contributed by atoms with Gasteiger partial charge < -0.3 is 4.42 Å². The Hall–Kier alpha value is -1.66. The van der Waals surface area contributed by atoms with Gasteiger partial charge in [0, 0.05) is 25.8 Å². The van der Waals surface area contributed by atoms with Gasteiger partial charge >= 0.3 is 0 Å². The number of carbonyl (C=O) groups excluding carboxylic acids is 1. The Morgan fingerprint density at radius 1 is 1.12 bits per heavy atom. The summed E-state index contributed by atoms with van der Waals surface area (Å²) in [5, 5.41) is 3.76. The molecule has 2 heterocycles. The molecule has 0 saturated carbocycles. The van der Waals surface area contributed by atoms with E-state index in [2.05, 4.69) is 20.9 Å². The molecule has 0 spiro atoms. The second-order valence-electron chi connectivity index (χ2n) is 5.29. The number of ketones is 1. The molecule has 4 aromatic rings. The van der Waals surface area contributed by atoms with Crippen LogP contribution in [-0.2, 0) is 0 Å². The van der Waals surface area contributed by atoms with Gasteiger partial charge in [0.15, 0.2) is 16.4 Å². The first-order chi connectivity index (χ1) is 12.0. The van der Waals surface area contributed by atoms with E-state index in [4.69, 9.17) is 27.6 Å². The number of hydrogen-bond acceptors (Lipinski definition) is 4. The summed E-state index contributed by atoms with van der Waals surface area (Å²) in [6.07, 6.45) is 0. The highest BCUT2D eigenvalue weighted by Gasteiger charge is 2.20. The smallest absolute Gasteiger partial charge is 0.256 e. The molecule has 0 bridgehead atoms. The van der Waals surface area contributed by atoms with E-state index in [-0.39, 0.29) is 11.5 Å². The Morgan fingerprint density at radius 3 is 2.64 bits per heavy atom. The average molecular weight is 453 g/mol. The molecule has 4 rings (SSSR count). The van der Waals surface area contributed by atoms with Crippen molar-refractivity contribution in [3.63, 3.8) is 0 Å². The van der Waals surface area contributed by atoms with Crippen LogP contribution >= 0.6 is 50.5 Å². The van der Waals surface area contributed by atoms with Crippen LogP contribution in [0.15, 0.2) is 56.7 Å². The minimum absolute atomic E-state index is 0.191. The number of furan rings is 1. The first kappa shape index (κ1) is 16.8. The summed E-state index contributed by atoms with van der Waals surface area (Å²) >= 11 is 16.8. The van der Waals surface area contributed by atoms with Gasteiger partial charge in [-0.25, -0.2) is 4.98 Å². The molecular formula is C18H8BrCl2NO2S. The predicted molar refractivity (Wildman–Crippen MR) is 105 cm³/mol. The first-order valence-electron chi connectivity index (χ1n) is 7.16. The van der Waals surface area contributed by atoms with Crippen LogP contribution in [0.3, 0.4) is 0 Å². The van der Waals surface area contributed by atoms with E-state index in [1.165, 1.54) is 11.3 Å². The molecule has 2 aromatic heterocycles. The lowest BCUT2D eigenvalue weighted by Gasteiger charge is -1.96. The number of hydrogen-bond donors (Lipinski definition) is 0. The molecule has 0 unspecified atom stereocenters. The zero-order chi connectivity index (χ0) is 17.6. The van der Waals surface area contributed by atoms with Gasteiger partial charge in [-0.3, -0.25) is 4.79 Å². The van der Waals surface area contributed by atoms with Crippen LogP contribution in [0.2, 0.25) is 10.0 Å². The Bertz CT molecular complexity index is 1100. The molecule has 7 heteroatoms. The van der Waals surface area contributed by atoms with Crippen molar-refractivity contribution in [1.82, 2.24) is 4.98 Å². The second kappa shape index (κ2) is 6.57. The molecule has 3 nitrogen and oxygen atoms in total. The van der Waals surface area contributed by atoms with Crippen LogP contribution in [0, 0.1) is 0 Å². The van der Waals surface area contributed by atoms with Gasteiger partial charge in [0.2, 0.25) is 0 Å². The second-order valence-corrected chi connectivity index (χ2v) is 7.91. The molecule has 124 valence electrons. The van der Waals surface area contributed by atoms with Crippen molar-refractivity contribution in [3.05, 3.63) is 73.1 Å². The largest absolute Gasteiger partial charge is 0.451 e. The first-order valence-corrected chi connectivity index (χ1v) is 9.59. The standard InChI is InChI=1S/C18H8BrCl2NO2S/c19-11-3-1-9(2-4-11)14-8-25-18(22-14)16(23)15-6-10-5-12(20)7-13(21)17(10)24-15/h1-8H. The summed E-state index contributed by atoms with van der Waals surface area (Å²) < 4.78 is 6.61. The molecule has 0 amide bonds. The van der Waals surface area contributed by atoms with Gasteiger partial charge in [-0.05, 0) is 30.3 Å². The molecular weight excluding hydrogens is 445 g/mol. The van der Waals surface area contributed by atoms with Gasteiger partial charge in [0.05, 0.1) is 10.7 Å². The maximum atomic E-state index is 12.7. The van der Waals surface area contributed by atoms with Crippen molar-refractivity contribution in [2.45, 2.75) is 0 Å². The fourth-order valence-electron chi connectivity index (χ4n) is 2.42. The average Bonchev–Trinajstić information content (AvgIpc) is 3.22. The summed E-state index contributed by atoms with van der Waals surface area (Å²) in [7, 11) is 0. The van der Waals surface area contributed by atoms with E-state index in [1.54, 1.807) is 18.2 Å². The highest BCUT2D eigenvalue weighted by atomic mass is 79.9. The number of halogens is 3. The summed E-state index contributed by atoms with van der Waals surface area (Å²) in [4.78, 5) is 17.1. The third-order valence-electron chi connectivity index (χ3n) is 3.60. The molecule has 0 aliphatic heterocycles. The number of aromatic nitrogens is 1. The molecule has 0 atom stereocenters. The van der Waals surface area contributed by atoms with Crippen molar-refractivity contribution in [1.29, 1.82) is 0 Å². The Kier molecular flexibility index (Phi) is 4.41. The maximum absolute atomic E-state index is 12.7. The lowest BCUT2D eigenvalue weighted by atomic mass is 10.2. The van der Waals surface area contributed by atoms with Crippen LogP contribution < -0.4 is 0 Å². The Balaban J connectivity index is 1.70. The fraction of sp³-hybridized carbons (Fsp3) is 0. The molecule has 0 aliphatic rings. The van der Waals surface area contributed by atoms with E-state index in [0.717, 1.165) is 15.7 Å². The number of thiazole rings is 1. The van der Waals surface area contributed by atoms with Gasteiger partial charge in [-0.15, -0.1) is 11.3 Å². The number of rotatable bonds is 3. The summed E-state index contributed by atoms with van der Waals surface area (Å²) in [5.41, 5.74) is 2.13. The topological polar surface area (TPSA) is 43.1 Å². The SMILES string of the molecule is O=C(c1cc2cc(Cl)cc(Cl)c2o1)c1nc(-c2ccc(Br)cc2)cs1. The normalized spacial score (nSPS) is 11.2. The molecule has 2 aromatic carbocycles. The summed E-state index contributed by atoms with van der Waals surface area (Å²) in [6, 6.07) is 12.7. The van der Waals surface area contributed by atoms with Crippen molar-refractivity contribution in [2.75, 3.05) is 0 Å². The van der Waals surface area contributed by atoms with Crippen LogP contribution in [-0.4, -0.2) is 10.8 Å². The van der Waals surface area contributed by atoms with Crippen molar-refractivity contribution in [2.24, 2.45) is 0 Å². The number of fused-ring (bicyclic) bond motifs is 1. The summed E-state index contributed by atoms with van der Waals surface area (Å²) in [6.45, 7) is 0. The highest BCUT2D eigenvalue weighted by Crippen LogP contribution is 2.32. The minimum Gasteiger partial charge on any atom is -0.451 e. The fourth-order valence-corrected chi connectivity index (χ4v) is 4.01. The van der Waals surface area contributed by atoms with Crippen LogP contribution in [0.4, 0.5) is 0 Å². The zero-order valence-corrected chi connectivity index (χ0v) is 16.3. The summed E-state index contributed by atoms with van der Waals surface area (Å²) in [5.74, 6) is -0.0902. The minimum atomic E-state index is -0.281.